The summed E-state index contributed by atoms with van der Waals surface area (Å²) in [5, 5.41) is 9.64. The average molecular weight is 352 g/mol. The van der Waals surface area contributed by atoms with Crippen LogP contribution in [-0.4, -0.2) is 5.11 Å². The van der Waals surface area contributed by atoms with E-state index in [2.05, 4.69) is 15.9 Å². The van der Waals surface area contributed by atoms with Crippen molar-refractivity contribution < 1.29 is 18.3 Å². The largest absolute Gasteiger partial charge is 0.384 e. The lowest BCUT2D eigenvalue weighted by molar-refractivity contribution is 0.214. The van der Waals surface area contributed by atoms with E-state index in [1.165, 1.54) is 12.1 Å². The van der Waals surface area contributed by atoms with Crippen LogP contribution >= 0.6 is 27.5 Å². The molecule has 0 heterocycles. The van der Waals surface area contributed by atoms with Crippen molar-refractivity contribution in [2.24, 2.45) is 0 Å². The SMILES string of the molecule is OC(c1ccc(F)c(Br)c1)c1cc(F)c(Cl)cc1F. The number of hydrogen-bond donors (Lipinski definition) is 1. The summed E-state index contributed by atoms with van der Waals surface area (Å²) in [5.41, 5.74) is -0.0331. The van der Waals surface area contributed by atoms with Crippen LogP contribution < -0.4 is 0 Å². The van der Waals surface area contributed by atoms with Gasteiger partial charge in [0.2, 0.25) is 0 Å². The fraction of sp³-hybridized carbons (Fsp3) is 0.0769. The Balaban J connectivity index is 2.46. The predicted octanol–water partition coefficient (Wildman–Crippen LogP) is 4.60. The summed E-state index contributed by atoms with van der Waals surface area (Å²) < 4.78 is 40.2. The number of aliphatic hydroxyl groups is 1. The molecule has 0 aliphatic heterocycles. The average Bonchev–Trinajstić information content (AvgIpc) is 2.36. The van der Waals surface area contributed by atoms with Crippen LogP contribution in [0.15, 0.2) is 34.8 Å². The highest BCUT2D eigenvalue weighted by molar-refractivity contribution is 9.10. The van der Waals surface area contributed by atoms with Gasteiger partial charge in [-0.3, -0.25) is 0 Å². The first-order valence-electron chi connectivity index (χ1n) is 5.17. The van der Waals surface area contributed by atoms with Crippen molar-refractivity contribution in [1.29, 1.82) is 0 Å². The van der Waals surface area contributed by atoms with Gasteiger partial charge >= 0.3 is 0 Å². The summed E-state index contributed by atoms with van der Waals surface area (Å²) in [7, 11) is 0. The Morgan fingerprint density at radius 1 is 1.00 bits per heavy atom. The maximum Gasteiger partial charge on any atom is 0.142 e. The van der Waals surface area contributed by atoms with Crippen molar-refractivity contribution in [2.45, 2.75) is 6.10 Å². The third-order valence-corrected chi connectivity index (χ3v) is 3.49. The van der Waals surface area contributed by atoms with E-state index in [9.17, 15) is 18.3 Å². The van der Waals surface area contributed by atoms with Crippen LogP contribution in [0.1, 0.15) is 17.2 Å². The van der Waals surface area contributed by atoms with Gasteiger partial charge in [-0.15, -0.1) is 0 Å². The Bertz CT molecular complexity index is 634. The van der Waals surface area contributed by atoms with E-state index in [1.807, 2.05) is 0 Å². The highest BCUT2D eigenvalue weighted by Crippen LogP contribution is 2.30. The lowest BCUT2D eigenvalue weighted by Gasteiger charge is -2.13. The normalized spacial score (nSPS) is 12.5. The Kier molecular flexibility index (Phi) is 4.18. The Hall–Kier alpha value is -1.04. The van der Waals surface area contributed by atoms with E-state index in [0.29, 0.717) is 0 Å². The zero-order valence-electron chi connectivity index (χ0n) is 9.30. The molecule has 0 aromatic heterocycles. The van der Waals surface area contributed by atoms with Crippen LogP contribution in [0.5, 0.6) is 0 Å². The summed E-state index contributed by atoms with van der Waals surface area (Å²) in [6.07, 6.45) is -1.41. The highest BCUT2D eigenvalue weighted by atomic mass is 79.9. The van der Waals surface area contributed by atoms with Crippen molar-refractivity contribution >= 4 is 27.5 Å². The van der Waals surface area contributed by atoms with E-state index in [0.717, 1.165) is 18.2 Å². The van der Waals surface area contributed by atoms with Crippen molar-refractivity contribution in [1.82, 2.24) is 0 Å². The quantitative estimate of drug-likeness (QED) is 0.784. The van der Waals surface area contributed by atoms with Gasteiger partial charge in [-0.05, 0) is 45.8 Å². The third-order valence-electron chi connectivity index (χ3n) is 2.59. The van der Waals surface area contributed by atoms with Crippen LogP contribution in [-0.2, 0) is 0 Å². The Labute approximate surface area is 120 Å². The number of hydrogen-bond acceptors (Lipinski definition) is 1. The zero-order valence-corrected chi connectivity index (χ0v) is 11.6. The molecule has 1 unspecified atom stereocenters. The Morgan fingerprint density at radius 2 is 1.68 bits per heavy atom. The maximum absolute atomic E-state index is 13.6. The van der Waals surface area contributed by atoms with E-state index in [1.54, 1.807) is 0 Å². The molecule has 0 aliphatic rings. The lowest BCUT2D eigenvalue weighted by atomic mass is 10.0. The topological polar surface area (TPSA) is 20.2 Å². The molecular weight excluding hydrogens is 344 g/mol. The molecule has 0 aliphatic carbocycles. The summed E-state index contributed by atoms with van der Waals surface area (Å²) in [6, 6.07) is 5.31. The molecule has 0 saturated heterocycles. The first kappa shape index (κ1) is 14.4. The predicted molar refractivity (Wildman–Crippen MR) is 69.5 cm³/mol. The van der Waals surface area contributed by atoms with E-state index < -0.39 is 23.6 Å². The minimum atomic E-state index is -1.41. The highest BCUT2D eigenvalue weighted by Gasteiger charge is 2.18. The summed E-state index contributed by atoms with van der Waals surface area (Å²) in [4.78, 5) is 0. The van der Waals surface area contributed by atoms with Crippen molar-refractivity contribution in [2.75, 3.05) is 0 Å². The van der Waals surface area contributed by atoms with Gasteiger partial charge in [0.05, 0.1) is 9.50 Å². The van der Waals surface area contributed by atoms with Crippen LogP contribution in [0.25, 0.3) is 0 Å². The molecule has 0 fully saturated rings. The van der Waals surface area contributed by atoms with Gasteiger partial charge in [0.25, 0.3) is 0 Å². The number of benzene rings is 2. The molecule has 1 atom stereocenters. The smallest absolute Gasteiger partial charge is 0.142 e. The van der Waals surface area contributed by atoms with Crippen molar-refractivity contribution in [3.05, 3.63) is 68.4 Å². The van der Waals surface area contributed by atoms with Crippen LogP contribution in [0.4, 0.5) is 13.2 Å². The molecule has 2 aromatic rings. The number of rotatable bonds is 2. The van der Waals surface area contributed by atoms with Gasteiger partial charge in [-0.25, -0.2) is 13.2 Å². The van der Waals surface area contributed by atoms with Gasteiger partial charge in [0.15, 0.2) is 0 Å². The fourth-order valence-electron chi connectivity index (χ4n) is 1.61. The third kappa shape index (κ3) is 2.94. The van der Waals surface area contributed by atoms with Crippen LogP contribution in [0.3, 0.4) is 0 Å². The monoisotopic (exact) mass is 350 g/mol. The standard InChI is InChI=1S/C13H7BrClF3O/c14-8-3-6(1-2-10(8)16)13(19)7-4-12(18)9(15)5-11(7)17/h1-5,13,19H. The Morgan fingerprint density at radius 3 is 2.32 bits per heavy atom. The van der Waals surface area contributed by atoms with E-state index in [4.69, 9.17) is 11.6 Å². The summed E-state index contributed by atoms with van der Waals surface area (Å²) in [5.74, 6) is -2.18. The fourth-order valence-corrected chi connectivity index (χ4v) is 2.16. The van der Waals surface area contributed by atoms with Gasteiger partial charge in [-0.2, -0.15) is 0 Å². The molecule has 0 amide bonds. The maximum atomic E-state index is 13.6. The molecule has 2 aromatic carbocycles. The molecule has 2 rings (SSSR count). The van der Waals surface area contributed by atoms with E-state index >= 15 is 0 Å². The van der Waals surface area contributed by atoms with Gasteiger partial charge < -0.3 is 5.11 Å². The second kappa shape index (κ2) is 5.53. The minimum absolute atomic E-state index is 0.124. The molecule has 1 nitrogen and oxygen atoms in total. The summed E-state index contributed by atoms with van der Waals surface area (Å²) >= 11 is 8.39. The van der Waals surface area contributed by atoms with Crippen LogP contribution in [0.2, 0.25) is 5.02 Å². The van der Waals surface area contributed by atoms with Crippen LogP contribution in [0, 0.1) is 17.5 Å². The number of halogens is 5. The minimum Gasteiger partial charge on any atom is -0.384 e. The first-order chi connectivity index (χ1) is 8.90. The zero-order chi connectivity index (χ0) is 14.2. The van der Waals surface area contributed by atoms with Gasteiger partial charge in [-0.1, -0.05) is 17.7 Å². The molecule has 6 heteroatoms. The molecule has 0 spiro atoms. The number of aliphatic hydroxyl groups excluding tert-OH is 1. The molecule has 0 saturated carbocycles. The summed E-state index contributed by atoms with van der Waals surface area (Å²) in [6.45, 7) is 0. The molecule has 0 bridgehead atoms. The molecular formula is C13H7BrClF3O. The van der Waals surface area contributed by atoms with Crippen molar-refractivity contribution in [3.63, 3.8) is 0 Å². The molecule has 0 radical (unpaired) electrons. The molecule has 19 heavy (non-hydrogen) atoms. The van der Waals surface area contributed by atoms with Gasteiger partial charge in [0.1, 0.15) is 23.6 Å². The second-order valence-corrected chi connectivity index (χ2v) is 5.13. The van der Waals surface area contributed by atoms with Crippen molar-refractivity contribution in [3.8, 4) is 0 Å². The molecule has 100 valence electrons. The van der Waals surface area contributed by atoms with Gasteiger partial charge in [0, 0.05) is 5.56 Å². The van der Waals surface area contributed by atoms with E-state index in [-0.39, 0.29) is 20.6 Å². The second-order valence-electron chi connectivity index (χ2n) is 3.86. The molecule has 1 N–H and O–H groups in total. The first-order valence-corrected chi connectivity index (χ1v) is 6.34. The lowest BCUT2D eigenvalue weighted by Crippen LogP contribution is -2.04.